The highest BCUT2D eigenvalue weighted by molar-refractivity contribution is 7.13. The van der Waals surface area contributed by atoms with E-state index in [1.54, 1.807) is 22.0 Å². The zero-order valence-corrected chi connectivity index (χ0v) is 23.3. The normalized spacial score (nSPS) is 12.5. The largest absolute Gasteiger partial charge is 0.369 e. The van der Waals surface area contributed by atoms with Crippen molar-refractivity contribution in [3.8, 4) is 21.8 Å². The van der Waals surface area contributed by atoms with Gasteiger partial charge in [-0.05, 0) is 70.2 Å². The summed E-state index contributed by atoms with van der Waals surface area (Å²) in [5.74, 6) is 0.815. The van der Waals surface area contributed by atoms with Crippen molar-refractivity contribution >= 4 is 28.6 Å². The minimum absolute atomic E-state index is 0.127. The molecule has 0 unspecified atom stereocenters. The molecule has 0 spiro atoms. The van der Waals surface area contributed by atoms with Gasteiger partial charge in [0.25, 0.3) is 0 Å². The second-order valence-corrected chi connectivity index (χ2v) is 10.5. The van der Waals surface area contributed by atoms with Crippen LogP contribution in [0.1, 0.15) is 44.0 Å². The van der Waals surface area contributed by atoms with Crippen LogP contribution in [0.3, 0.4) is 0 Å². The van der Waals surface area contributed by atoms with Crippen LogP contribution in [0.15, 0.2) is 48.1 Å². The number of anilines is 1. The number of Topliss-reactive ketones (excluding diaryl/α,β-unsaturated/α-hetero) is 1. The Kier molecular flexibility index (Phi) is 9.02. The molecular weight excluding hydrogens is 482 g/mol. The lowest BCUT2D eigenvalue weighted by molar-refractivity contribution is 0.0964. The smallest absolute Gasteiger partial charge is 0.165 e. The van der Waals surface area contributed by atoms with E-state index in [2.05, 4.69) is 47.1 Å². The molecular formula is C28H37N7OS. The van der Waals surface area contributed by atoms with Crippen LogP contribution in [0.4, 0.5) is 5.82 Å². The van der Waals surface area contributed by atoms with Crippen molar-refractivity contribution in [2.75, 3.05) is 45.6 Å². The van der Waals surface area contributed by atoms with Gasteiger partial charge in [-0.15, -0.1) is 11.3 Å². The van der Waals surface area contributed by atoms with Crippen LogP contribution in [-0.4, -0.2) is 81.5 Å². The van der Waals surface area contributed by atoms with Crippen LogP contribution in [0.25, 0.3) is 27.5 Å². The van der Waals surface area contributed by atoms with E-state index < -0.39 is 0 Å². The SMILES string of the molecule is CCN(CC)[C@@H](C)CCC(=O)c1cc(NCCN(C)C)nc(-c2cnn3ccc(-c4cccs4)nc23)c1. The van der Waals surface area contributed by atoms with Gasteiger partial charge in [-0.25, -0.2) is 14.5 Å². The maximum Gasteiger partial charge on any atom is 0.165 e. The summed E-state index contributed by atoms with van der Waals surface area (Å²) >= 11 is 1.65. The summed E-state index contributed by atoms with van der Waals surface area (Å²) in [6, 6.07) is 10.2. The fraction of sp³-hybridized carbons (Fsp3) is 0.429. The van der Waals surface area contributed by atoms with E-state index in [4.69, 9.17) is 9.97 Å². The third-order valence-electron chi connectivity index (χ3n) is 6.66. The van der Waals surface area contributed by atoms with Gasteiger partial charge in [0.05, 0.1) is 28.0 Å². The zero-order chi connectivity index (χ0) is 26.4. The Labute approximate surface area is 223 Å². The van der Waals surface area contributed by atoms with Crippen molar-refractivity contribution in [1.29, 1.82) is 0 Å². The van der Waals surface area contributed by atoms with Crippen LogP contribution < -0.4 is 5.32 Å². The molecule has 4 rings (SSSR count). The highest BCUT2D eigenvalue weighted by atomic mass is 32.1. The fourth-order valence-corrected chi connectivity index (χ4v) is 5.15. The number of fused-ring (bicyclic) bond motifs is 1. The molecule has 0 aliphatic heterocycles. The van der Waals surface area contributed by atoms with E-state index in [1.165, 1.54) is 0 Å². The van der Waals surface area contributed by atoms with Gasteiger partial charge in [-0.1, -0.05) is 19.9 Å². The van der Waals surface area contributed by atoms with Gasteiger partial charge in [0, 0.05) is 37.3 Å². The van der Waals surface area contributed by atoms with E-state index in [0.29, 0.717) is 29.5 Å². The molecule has 0 saturated heterocycles. The van der Waals surface area contributed by atoms with Gasteiger partial charge in [-0.2, -0.15) is 5.10 Å². The number of nitrogens with one attached hydrogen (secondary N) is 1. The molecule has 8 nitrogen and oxygen atoms in total. The van der Waals surface area contributed by atoms with Gasteiger partial charge < -0.3 is 15.1 Å². The van der Waals surface area contributed by atoms with Crippen LogP contribution in [0.2, 0.25) is 0 Å². The fourth-order valence-electron chi connectivity index (χ4n) is 4.45. The van der Waals surface area contributed by atoms with Gasteiger partial charge in [0.2, 0.25) is 0 Å². The quantitative estimate of drug-likeness (QED) is 0.244. The summed E-state index contributed by atoms with van der Waals surface area (Å²) in [5.41, 5.74) is 3.78. The molecule has 0 aliphatic rings. The molecule has 9 heteroatoms. The molecule has 4 aromatic rings. The number of carbonyl (C=O) groups excluding carboxylic acids is 1. The van der Waals surface area contributed by atoms with Crippen molar-refractivity contribution in [2.45, 2.75) is 39.7 Å². The van der Waals surface area contributed by atoms with Crippen molar-refractivity contribution in [3.05, 3.63) is 53.7 Å². The van der Waals surface area contributed by atoms with Crippen LogP contribution in [0.5, 0.6) is 0 Å². The van der Waals surface area contributed by atoms with Crippen LogP contribution in [-0.2, 0) is 0 Å². The lowest BCUT2D eigenvalue weighted by atomic mass is 10.0. The van der Waals surface area contributed by atoms with Gasteiger partial charge >= 0.3 is 0 Å². The van der Waals surface area contributed by atoms with Crippen LogP contribution >= 0.6 is 11.3 Å². The summed E-state index contributed by atoms with van der Waals surface area (Å²) in [7, 11) is 4.07. The Morgan fingerprint density at radius 1 is 1.14 bits per heavy atom. The molecule has 37 heavy (non-hydrogen) atoms. The van der Waals surface area contributed by atoms with E-state index in [-0.39, 0.29) is 5.78 Å². The van der Waals surface area contributed by atoms with E-state index in [9.17, 15) is 4.79 Å². The molecule has 0 radical (unpaired) electrons. The molecule has 1 atom stereocenters. The predicted molar refractivity (Wildman–Crippen MR) is 153 cm³/mol. The van der Waals surface area contributed by atoms with Gasteiger partial charge in [0.15, 0.2) is 11.4 Å². The van der Waals surface area contributed by atoms with Gasteiger partial charge in [0.1, 0.15) is 5.82 Å². The number of rotatable bonds is 13. The van der Waals surface area contributed by atoms with Crippen molar-refractivity contribution in [2.24, 2.45) is 0 Å². The molecule has 0 fully saturated rings. The Morgan fingerprint density at radius 3 is 2.65 bits per heavy atom. The Balaban J connectivity index is 1.66. The number of carbonyl (C=O) groups is 1. The zero-order valence-electron chi connectivity index (χ0n) is 22.4. The highest BCUT2D eigenvalue weighted by Gasteiger charge is 2.18. The number of hydrogen-bond donors (Lipinski definition) is 1. The summed E-state index contributed by atoms with van der Waals surface area (Å²) in [6.07, 6.45) is 5.02. The summed E-state index contributed by atoms with van der Waals surface area (Å²) in [5, 5.41) is 9.95. The molecule has 0 aromatic carbocycles. The second-order valence-electron chi connectivity index (χ2n) is 9.50. The average Bonchev–Trinajstić information content (AvgIpc) is 3.57. The standard InChI is InChI=1S/C28H37N7OS/c1-6-34(7-2)20(3)10-11-25(36)21-17-24(31-27(18-21)29-13-15-33(4)5)22-19-30-35-14-12-23(32-28(22)35)26-9-8-16-37-26/h8-9,12,14,16-20H,6-7,10-11,13,15H2,1-5H3,(H,29,31)/t20-/m0/s1. The Hall–Kier alpha value is -3.14. The first-order valence-electron chi connectivity index (χ1n) is 13.0. The maximum atomic E-state index is 13.4. The molecule has 0 aliphatic carbocycles. The lowest BCUT2D eigenvalue weighted by Crippen LogP contribution is -2.33. The topological polar surface area (TPSA) is 78.7 Å². The third kappa shape index (κ3) is 6.60. The minimum Gasteiger partial charge on any atom is -0.369 e. The Morgan fingerprint density at radius 2 is 1.95 bits per heavy atom. The van der Waals surface area contributed by atoms with Crippen LogP contribution in [0, 0.1) is 0 Å². The number of pyridine rings is 1. The number of nitrogens with zero attached hydrogens (tertiary/aromatic N) is 6. The first kappa shape index (κ1) is 26.9. The molecule has 1 N–H and O–H groups in total. The number of hydrogen-bond acceptors (Lipinski definition) is 8. The van der Waals surface area contributed by atoms with E-state index in [0.717, 1.165) is 54.4 Å². The third-order valence-corrected chi connectivity index (χ3v) is 7.55. The summed E-state index contributed by atoms with van der Waals surface area (Å²) < 4.78 is 1.76. The lowest BCUT2D eigenvalue weighted by Gasteiger charge is -2.26. The van der Waals surface area contributed by atoms with Crippen molar-refractivity contribution < 1.29 is 4.79 Å². The maximum absolute atomic E-state index is 13.4. The molecule has 0 amide bonds. The predicted octanol–water partition coefficient (Wildman–Crippen LogP) is 5.19. The summed E-state index contributed by atoms with van der Waals surface area (Å²) in [6.45, 7) is 10.1. The number of ketones is 1. The van der Waals surface area contributed by atoms with Crippen molar-refractivity contribution in [3.63, 3.8) is 0 Å². The highest BCUT2D eigenvalue weighted by Crippen LogP contribution is 2.28. The molecule has 4 aromatic heterocycles. The molecule has 0 saturated carbocycles. The van der Waals surface area contributed by atoms with E-state index in [1.807, 2.05) is 49.9 Å². The first-order chi connectivity index (χ1) is 17.9. The second kappa shape index (κ2) is 12.4. The average molecular weight is 520 g/mol. The monoisotopic (exact) mass is 519 g/mol. The first-order valence-corrected chi connectivity index (χ1v) is 13.8. The molecule has 196 valence electrons. The number of likely N-dealkylation sites (N-methyl/N-ethyl adjacent to an activating group) is 1. The molecule has 4 heterocycles. The van der Waals surface area contributed by atoms with E-state index >= 15 is 0 Å². The molecule has 0 bridgehead atoms. The van der Waals surface area contributed by atoms with Crippen molar-refractivity contribution in [1.82, 2.24) is 29.4 Å². The number of thiophene rings is 1. The number of aromatic nitrogens is 4. The summed E-state index contributed by atoms with van der Waals surface area (Å²) in [4.78, 5) is 28.7. The minimum atomic E-state index is 0.127. The Bertz CT molecular complexity index is 1310. The van der Waals surface area contributed by atoms with Gasteiger partial charge in [-0.3, -0.25) is 4.79 Å².